The van der Waals surface area contributed by atoms with Crippen molar-refractivity contribution in [3.63, 3.8) is 0 Å². The van der Waals surface area contributed by atoms with Crippen molar-refractivity contribution >= 4 is 65.0 Å². The number of fused-ring (bicyclic) bond motifs is 1. The van der Waals surface area contributed by atoms with E-state index in [9.17, 15) is 14.4 Å². The molecular weight excluding hydrogens is 901 g/mol. The number of carbonyl (C=O) groups is 3. The predicted molar refractivity (Wildman–Crippen MR) is 263 cm³/mol. The van der Waals surface area contributed by atoms with Crippen LogP contribution in [0.25, 0.3) is 10.9 Å². The highest BCUT2D eigenvalue weighted by atomic mass is 35.5. The quantitative estimate of drug-likeness (QED) is 0.0304. The summed E-state index contributed by atoms with van der Waals surface area (Å²) in [5, 5.41) is 29.2. The van der Waals surface area contributed by atoms with E-state index in [0.717, 1.165) is 65.1 Å². The Balaban J connectivity index is 0.000000244. The smallest absolute Gasteiger partial charge is 0.266 e. The molecule has 360 valence electrons. The minimum absolute atomic E-state index is 0. The summed E-state index contributed by atoms with van der Waals surface area (Å²) < 4.78 is 6.04. The van der Waals surface area contributed by atoms with Crippen LogP contribution in [0.2, 0.25) is 5.02 Å². The molecule has 66 heavy (non-hydrogen) atoms. The van der Waals surface area contributed by atoms with Crippen LogP contribution in [0, 0.1) is 36.0 Å². The zero-order valence-electron chi connectivity index (χ0n) is 38.3. The lowest BCUT2D eigenvalue weighted by Gasteiger charge is -2.56. The second kappa shape index (κ2) is 23.8. The minimum atomic E-state index is -1.23. The second-order valence-electron chi connectivity index (χ2n) is 19.2. The van der Waals surface area contributed by atoms with Crippen LogP contribution in [0.5, 0.6) is 5.75 Å². The Morgan fingerprint density at radius 3 is 2.26 bits per heavy atom. The molecule has 3 aromatic carbocycles. The van der Waals surface area contributed by atoms with Gasteiger partial charge in [-0.1, -0.05) is 61.8 Å². The Bertz CT molecular complexity index is 2230. The molecule has 0 radical (unpaired) electrons. The van der Waals surface area contributed by atoms with E-state index in [0.29, 0.717) is 66.4 Å². The fraction of sp³-hybridized carbons (Fsp3) is 0.520. The Morgan fingerprint density at radius 2 is 1.61 bits per heavy atom. The first-order valence-corrected chi connectivity index (χ1v) is 23.4. The average molecular weight is 969 g/mol. The molecule has 4 saturated carbocycles. The van der Waals surface area contributed by atoms with Gasteiger partial charge < -0.3 is 36.4 Å². The number of aliphatic hydroxyl groups excluding tert-OH is 1. The molecule has 9 rings (SSSR count). The van der Waals surface area contributed by atoms with Gasteiger partial charge in [-0.05, 0) is 135 Å². The molecule has 16 heteroatoms. The number of nitrogens with zero attached hydrogens (tertiary/aromatic N) is 2. The second-order valence-corrected chi connectivity index (χ2v) is 19.6. The maximum atomic E-state index is 13.3. The number of hydrogen-bond donors (Lipinski definition) is 7. The molecule has 4 aliphatic carbocycles. The lowest BCUT2D eigenvalue weighted by atomic mass is 9.49. The number of rotatable bonds is 18. The van der Waals surface area contributed by atoms with Crippen molar-refractivity contribution in [1.82, 2.24) is 31.3 Å². The van der Waals surface area contributed by atoms with Crippen LogP contribution in [-0.4, -0.2) is 83.3 Å². The number of aliphatic hydroxyl groups is 1. The molecule has 1 aromatic heterocycles. The lowest BCUT2D eigenvalue weighted by Crippen LogP contribution is -2.52. The molecule has 5 aliphatic rings. The Kier molecular flexibility index (Phi) is 19.1. The third-order valence-electron chi connectivity index (χ3n) is 13.7. The maximum Gasteiger partial charge on any atom is 0.266 e. The van der Waals surface area contributed by atoms with Crippen LogP contribution < -0.4 is 31.9 Å². The van der Waals surface area contributed by atoms with Gasteiger partial charge in [0.05, 0.1) is 22.7 Å². The minimum Gasteiger partial charge on any atom is -0.489 e. The number of hydrogen-bond acceptors (Lipinski definition) is 10. The topological polar surface area (TPSA) is 191 Å². The fourth-order valence-electron chi connectivity index (χ4n) is 11.1. The van der Waals surface area contributed by atoms with Gasteiger partial charge in [0.25, 0.3) is 11.8 Å². The van der Waals surface area contributed by atoms with Gasteiger partial charge in [0.1, 0.15) is 23.9 Å². The molecule has 5 fully saturated rings. The third kappa shape index (κ3) is 12.7. The van der Waals surface area contributed by atoms with Crippen molar-refractivity contribution in [2.24, 2.45) is 34.8 Å². The summed E-state index contributed by atoms with van der Waals surface area (Å²) in [6.07, 6.45) is 8.95. The number of benzene rings is 3. The monoisotopic (exact) mass is 967 g/mol. The zero-order chi connectivity index (χ0) is 45.4. The molecule has 13 nitrogen and oxygen atoms in total. The van der Waals surface area contributed by atoms with Crippen LogP contribution in [0.1, 0.15) is 98.0 Å². The van der Waals surface area contributed by atoms with Crippen molar-refractivity contribution in [2.45, 2.75) is 96.9 Å². The first kappa shape index (κ1) is 52.9. The van der Waals surface area contributed by atoms with E-state index in [-0.39, 0.29) is 49.2 Å². The van der Waals surface area contributed by atoms with Gasteiger partial charge in [-0.2, -0.15) is 0 Å². The van der Waals surface area contributed by atoms with Crippen molar-refractivity contribution in [3.05, 3.63) is 106 Å². The number of aromatic nitrogens is 1. The van der Waals surface area contributed by atoms with Crippen molar-refractivity contribution in [3.8, 4) is 5.75 Å². The van der Waals surface area contributed by atoms with Gasteiger partial charge in [0.15, 0.2) is 0 Å². The maximum absolute atomic E-state index is 13.3. The largest absolute Gasteiger partial charge is 0.489 e. The molecule has 1 saturated heterocycles. The highest BCUT2D eigenvalue weighted by Crippen LogP contribution is 2.59. The van der Waals surface area contributed by atoms with Gasteiger partial charge in [-0.25, -0.2) is 5.48 Å². The van der Waals surface area contributed by atoms with E-state index in [2.05, 4.69) is 20.9 Å². The zero-order valence-corrected chi connectivity index (χ0v) is 40.7. The van der Waals surface area contributed by atoms with Gasteiger partial charge in [-0.15, -0.1) is 24.8 Å². The first-order valence-electron chi connectivity index (χ1n) is 23.0. The number of amides is 3. The summed E-state index contributed by atoms with van der Waals surface area (Å²) in [7, 11) is 0. The number of carbonyl (C=O) groups excluding carboxylic acids is 3. The van der Waals surface area contributed by atoms with Gasteiger partial charge in [0.2, 0.25) is 5.91 Å². The van der Waals surface area contributed by atoms with Gasteiger partial charge in [0, 0.05) is 55.9 Å². The highest BCUT2D eigenvalue weighted by Gasteiger charge is 2.51. The van der Waals surface area contributed by atoms with Gasteiger partial charge in [-0.3, -0.25) is 24.6 Å². The summed E-state index contributed by atoms with van der Waals surface area (Å²) in [6, 6.07) is 22.1. The number of likely N-dealkylation sites (tertiary alicyclic amines) is 1. The summed E-state index contributed by atoms with van der Waals surface area (Å²) in [5.41, 5.74) is 12.6. The number of hydroxylamine groups is 1. The van der Waals surface area contributed by atoms with Crippen molar-refractivity contribution in [1.29, 1.82) is 0 Å². The third-order valence-corrected chi connectivity index (χ3v) is 14.1. The number of aryl methyl sites for hydroxylation is 1. The molecule has 4 aromatic rings. The SMILES string of the molecule is Cc1cc(COc2ccc(C3(N)CCN(C(CC(C)C)C(=O)NO)C3=O)cc2)c2ccccc2n1.Cl.Cl.O=C(NCC12CC3CC(CC(C3)C1)C2)c1cc(CNCCNCCO)ccc1Cl. The highest BCUT2D eigenvalue weighted by molar-refractivity contribution is 6.33. The number of nitrogens with two attached hydrogens (primary N) is 1. The average Bonchev–Trinajstić information content (AvgIpc) is 3.58. The molecule has 2 atom stereocenters. The summed E-state index contributed by atoms with van der Waals surface area (Å²) in [6.45, 7) is 10.5. The molecule has 4 bridgehead atoms. The van der Waals surface area contributed by atoms with E-state index in [1.807, 2.05) is 81.4 Å². The van der Waals surface area contributed by atoms with Gasteiger partial charge >= 0.3 is 0 Å². The lowest BCUT2D eigenvalue weighted by molar-refractivity contribution is -0.144. The van der Waals surface area contributed by atoms with E-state index < -0.39 is 17.5 Å². The fourth-order valence-corrected chi connectivity index (χ4v) is 11.3. The van der Waals surface area contributed by atoms with Crippen LogP contribution in [0.15, 0.2) is 72.8 Å². The molecule has 2 unspecified atom stereocenters. The van der Waals surface area contributed by atoms with E-state index in [1.54, 1.807) is 17.6 Å². The molecule has 2 heterocycles. The number of para-hydroxylation sites is 1. The first-order chi connectivity index (χ1) is 30.8. The van der Waals surface area contributed by atoms with Crippen LogP contribution in [-0.2, 0) is 28.3 Å². The standard InChI is InChI=1S/C27H32N4O4.C23H34ClN3O2.2ClH/c1-17(2)14-24(25(32)30-34)31-13-12-27(28,26(31)33)20-8-10-21(11-9-20)35-16-19-15-18(3)29-23-7-5-4-6-22(19)23;24-21-2-1-16(14-26-4-3-25-5-6-28)10-20(21)22(29)27-15-23-11-17-7-18(12-23)9-19(8-17)13-23;;/h4-11,15,17,24,34H,12-14,16,28H2,1-3H3,(H,30,32);1-2,10,17-19,25-26,28H,3-9,11-15H2,(H,27,29);2*1H. The number of pyridine rings is 1. The Labute approximate surface area is 406 Å². The molecular formula is C50H68Cl3N7O6. The van der Waals surface area contributed by atoms with Crippen molar-refractivity contribution in [2.75, 3.05) is 39.3 Å². The number of ether oxygens (including phenoxy) is 1. The number of halogens is 3. The predicted octanol–water partition coefficient (Wildman–Crippen LogP) is 7.23. The molecule has 8 N–H and O–H groups in total. The van der Waals surface area contributed by atoms with E-state index in [4.69, 9.17) is 32.4 Å². The summed E-state index contributed by atoms with van der Waals surface area (Å²) in [5.74, 6) is 2.54. The molecule has 0 spiro atoms. The summed E-state index contributed by atoms with van der Waals surface area (Å²) in [4.78, 5) is 44.5. The van der Waals surface area contributed by atoms with Crippen LogP contribution >= 0.6 is 36.4 Å². The van der Waals surface area contributed by atoms with Crippen LogP contribution in [0.4, 0.5) is 0 Å². The van der Waals surface area contributed by atoms with Crippen LogP contribution in [0.3, 0.4) is 0 Å². The van der Waals surface area contributed by atoms with E-state index in [1.165, 1.54) is 43.4 Å². The molecule has 1 aliphatic heterocycles. The molecule has 3 amide bonds. The normalized spacial score (nSPS) is 23.1. The Morgan fingerprint density at radius 1 is 0.939 bits per heavy atom. The van der Waals surface area contributed by atoms with Crippen molar-refractivity contribution < 1.29 is 29.4 Å². The summed E-state index contributed by atoms with van der Waals surface area (Å²) >= 11 is 6.35. The Hall–Kier alpha value is -4.05. The number of nitrogens with one attached hydrogen (secondary N) is 4. The van der Waals surface area contributed by atoms with E-state index >= 15 is 0 Å².